The molecule has 2 aromatic rings. The number of aliphatic hydroxyl groups is 1. The highest BCUT2D eigenvalue weighted by atomic mass is 16.6. The van der Waals surface area contributed by atoms with Gasteiger partial charge in [0.2, 0.25) is 0 Å². The van der Waals surface area contributed by atoms with Gasteiger partial charge in [0.1, 0.15) is 11.9 Å². The minimum Gasteiger partial charge on any atom is -0.506 e. The van der Waals surface area contributed by atoms with E-state index in [-0.39, 0.29) is 45.2 Å². The molecule has 2 unspecified atom stereocenters. The van der Waals surface area contributed by atoms with Crippen LogP contribution in [0.5, 0.6) is 11.5 Å². The number of fused-ring (bicyclic) bond motifs is 2. The zero-order valence-corrected chi connectivity index (χ0v) is 15.5. The lowest BCUT2D eigenvalue weighted by Crippen LogP contribution is -2.41. The van der Waals surface area contributed by atoms with Crippen LogP contribution in [-0.4, -0.2) is 45.9 Å². The molecule has 0 radical (unpaired) electrons. The smallest absolute Gasteiger partial charge is 0.308 e. The molecule has 2 N–H and O–H groups in total. The lowest BCUT2D eigenvalue weighted by Gasteiger charge is -2.33. The summed E-state index contributed by atoms with van der Waals surface area (Å²) in [6.07, 6.45) is -3.09. The van der Waals surface area contributed by atoms with Crippen LogP contribution >= 0.6 is 0 Å². The van der Waals surface area contributed by atoms with E-state index in [1.807, 2.05) is 0 Å². The number of hydrogen-bond acceptors (Lipinski definition) is 8. The van der Waals surface area contributed by atoms with E-state index < -0.39 is 41.5 Å². The molecule has 2 aliphatic rings. The molecule has 29 heavy (non-hydrogen) atoms. The molecule has 4 rings (SSSR count). The number of aliphatic hydroxyl groups excluding tert-OH is 1. The average Bonchev–Trinajstić information content (AvgIpc) is 2.67. The van der Waals surface area contributed by atoms with E-state index in [2.05, 4.69) is 0 Å². The van der Waals surface area contributed by atoms with Crippen molar-refractivity contribution in [3.8, 4) is 11.5 Å². The number of phenolic OH excluding ortho intramolecular Hbond substituents is 1. The van der Waals surface area contributed by atoms with Crippen molar-refractivity contribution in [2.45, 2.75) is 32.7 Å². The minimum absolute atomic E-state index is 0.0965. The van der Waals surface area contributed by atoms with Crippen molar-refractivity contribution in [2.75, 3.05) is 0 Å². The Bertz CT molecular complexity index is 1160. The molecule has 0 saturated carbocycles. The monoisotopic (exact) mass is 396 g/mol. The van der Waals surface area contributed by atoms with Crippen LogP contribution in [0.2, 0.25) is 0 Å². The summed E-state index contributed by atoms with van der Waals surface area (Å²) in [6, 6.07) is 6.30. The van der Waals surface area contributed by atoms with Crippen LogP contribution in [0.15, 0.2) is 35.4 Å². The number of rotatable bonds is 2. The number of Topliss-reactive ketones (excluding diaryl/α,β-unsaturated/α-hetero) is 3. The van der Waals surface area contributed by atoms with Gasteiger partial charge >= 0.3 is 5.97 Å². The summed E-state index contributed by atoms with van der Waals surface area (Å²) in [5.41, 5.74) is -1.05. The van der Waals surface area contributed by atoms with Crippen LogP contribution in [0.4, 0.5) is 0 Å². The zero-order chi connectivity index (χ0) is 21.0. The molecule has 8 heteroatoms. The van der Waals surface area contributed by atoms with Gasteiger partial charge in [-0.3, -0.25) is 19.2 Å². The first kappa shape index (κ1) is 19.0. The number of hydrogen-bond donors (Lipinski definition) is 2. The standard InChI is InChI=1S/C21H16O8/c1-8(22)13-7-12-14(21(27)29-13)19(26)16-15(18(12)25)17(24)10-5-3-4-6-11(10)20(16)28-9(2)23/h3-6,13,21,24,27H,7H2,1-2H3. The van der Waals surface area contributed by atoms with Crippen molar-refractivity contribution in [1.82, 2.24) is 0 Å². The van der Waals surface area contributed by atoms with E-state index in [1.54, 1.807) is 12.1 Å². The predicted molar refractivity (Wildman–Crippen MR) is 98.8 cm³/mol. The fourth-order valence-corrected chi connectivity index (χ4v) is 3.78. The molecule has 1 heterocycles. The summed E-state index contributed by atoms with van der Waals surface area (Å²) in [5, 5.41) is 21.6. The normalized spacial score (nSPS) is 21.1. The lowest BCUT2D eigenvalue weighted by molar-refractivity contribution is -0.150. The van der Waals surface area contributed by atoms with E-state index in [0.29, 0.717) is 0 Å². The minimum atomic E-state index is -1.80. The van der Waals surface area contributed by atoms with Gasteiger partial charge in [-0.2, -0.15) is 0 Å². The van der Waals surface area contributed by atoms with E-state index in [4.69, 9.17) is 9.47 Å². The Morgan fingerprint density at radius 2 is 1.72 bits per heavy atom. The topological polar surface area (TPSA) is 127 Å². The molecule has 148 valence electrons. The SMILES string of the molecule is CC(=O)Oc1c2c(c(O)c3ccccc13)C(=O)C1=C(C2=O)C(O)OC(C(C)=O)C1. The van der Waals surface area contributed by atoms with Gasteiger partial charge in [0.15, 0.2) is 29.4 Å². The summed E-state index contributed by atoms with van der Waals surface area (Å²) in [4.78, 5) is 49.9. The quantitative estimate of drug-likeness (QED) is 0.582. The highest BCUT2D eigenvalue weighted by Gasteiger charge is 2.45. The maximum Gasteiger partial charge on any atom is 0.308 e. The van der Waals surface area contributed by atoms with E-state index in [1.165, 1.54) is 19.1 Å². The van der Waals surface area contributed by atoms with Crippen molar-refractivity contribution in [2.24, 2.45) is 0 Å². The first-order valence-corrected chi connectivity index (χ1v) is 8.84. The van der Waals surface area contributed by atoms with Crippen molar-refractivity contribution >= 4 is 34.1 Å². The Morgan fingerprint density at radius 3 is 2.34 bits per heavy atom. The number of carbonyl (C=O) groups excluding carboxylic acids is 4. The van der Waals surface area contributed by atoms with Crippen LogP contribution in [0.1, 0.15) is 41.0 Å². The summed E-state index contributed by atoms with van der Waals surface area (Å²) in [6.45, 7) is 2.39. The Kier molecular flexibility index (Phi) is 4.33. The number of phenols is 1. The fraction of sp³-hybridized carbons (Fsp3) is 0.238. The maximum absolute atomic E-state index is 13.2. The van der Waals surface area contributed by atoms with Crippen LogP contribution < -0.4 is 4.74 Å². The number of benzene rings is 2. The summed E-state index contributed by atoms with van der Waals surface area (Å²) < 4.78 is 10.4. The van der Waals surface area contributed by atoms with Gasteiger partial charge in [-0.25, -0.2) is 0 Å². The molecule has 8 nitrogen and oxygen atoms in total. The number of carbonyl (C=O) groups is 4. The van der Waals surface area contributed by atoms with Crippen LogP contribution in [0, 0.1) is 0 Å². The Morgan fingerprint density at radius 1 is 1.07 bits per heavy atom. The van der Waals surface area contributed by atoms with Crippen LogP contribution in [0.3, 0.4) is 0 Å². The first-order chi connectivity index (χ1) is 13.7. The second-order valence-corrected chi connectivity index (χ2v) is 6.91. The number of aromatic hydroxyl groups is 1. The van der Waals surface area contributed by atoms with Crippen molar-refractivity contribution < 1.29 is 38.9 Å². The van der Waals surface area contributed by atoms with Gasteiger partial charge in [0.25, 0.3) is 0 Å². The summed E-state index contributed by atoms with van der Waals surface area (Å²) in [7, 11) is 0. The molecule has 0 saturated heterocycles. The zero-order valence-electron chi connectivity index (χ0n) is 15.5. The molecular formula is C21H16O8. The van der Waals surface area contributed by atoms with Gasteiger partial charge in [-0.1, -0.05) is 24.3 Å². The van der Waals surface area contributed by atoms with Crippen molar-refractivity contribution in [3.05, 3.63) is 46.5 Å². The van der Waals surface area contributed by atoms with Gasteiger partial charge in [-0.05, 0) is 6.92 Å². The van der Waals surface area contributed by atoms with Crippen LogP contribution in [0.25, 0.3) is 10.8 Å². The molecule has 2 atom stereocenters. The molecule has 2 aromatic carbocycles. The Balaban J connectivity index is 2.04. The average molecular weight is 396 g/mol. The van der Waals surface area contributed by atoms with Gasteiger partial charge in [-0.15, -0.1) is 0 Å². The van der Waals surface area contributed by atoms with Gasteiger partial charge in [0, 0.05) is 29.7 Å². The molecule has 0 fully saturated rings. The number of ether oxygens (including phenoxy) is 2. The van der Waals surface area contributed by atoms with Crippen LogP contribution in [-0.2, 0) is 14.3 Å². The highest BCUT2D eigenvalue weighted by Crippen LogP contribution is 2.46. The molecule has 0 spiro atoms. The lowest BCUT2D eigenvalue weighted by atomic mass is 9.78. The van der Waals surface area contributed by atoms with Crippen molar-refractivity contribution in [3.63, 3.8) is 0 Å². The predicted octanol–water partition coefficient (Wildman–Crippen LogP) is 1.84. The highest BCUT2D eigenvalue weighted by molar-refractivity contribution is 6.32. The largest absolute Gasteiger partial charge is 0.506 e. The third-order valence-corrected chi connectivity index (χ3v) is 5.07. The molecular weight excluding hydrogens is 380 g/mol. The molecule has 0 aromatic heterocycles. The third-order valence-electron chi connectivity index (χ3n) is 5.07. The first-order valence-electron chi connectivity index (χ1n) is 8.84. The van der Waals surface area contributed by atoms with E-state index >= 15 is 0 Å². The molecule has 1 aliphatic heterocycles. The van der Waals surface area contributed by atoms with Gasteiger partial charge in [0.05, 0.1) is 16.7 Å². The van der Waals surface area contributed by atoms with Crippen molar-refractivity contribution in [1.29, 1.82) is 0 Å². The second-order valence-electron chi connectivity index (χ2n) is 6.91. The maximum atomic E-state index is 13.2. The fourth-order valence-electron chi connectivity index (χ4n) is 3.78. The van der Waals surface area contributed by atoms with E-state index in [0.717, 1.165) is 6.92 Å². The van der Waals surface area contributed by atoms with Gasteiger partial charge < -0.3 is 19.7 Å². The second kappa shape index (κ2) is 6.61. The number of esters is 1. The third kappa shape index (κ3) is 2.76. The summed E-state index contributed by atoms with van der Waals surface area (Å²) in [5.74, 6) is -3.27. The Labute approximate surface area is 164 Å². The summed E-state index contributed by atoms with van der Waals surface area (Å²) >= 11 is 0. The molecule has 1 aliphatic carbocycles. The molecule has 0 amide bonds. The Hall–Kier alpha value is -3.36. The van der Waals surface area contributed by atoms with E-state index in [9.17, 15) is 29.4 Å². The number of ketones is 3. The molecule has 0 bridgehead atoms.